The fraction of sp³-hybridized carbons (Fsp3) is 0.176. The first kappa shape index (κ1) is 12.7. The third kappa shape index (κ3) is 2.67. The molecule has 0 aliphatic heterocycles. The van der Waals surface area contributed by atoms with Crippen molar-refractivity contribution in [2.45, 2.75) is 13.5 Å². The zero-order chi connectivity index (χ0) is 13.9. The van der Waals surface area contributed by atoms with E-state index in [1.54, 1.807) is 6.07 Å². The van der Waals surface area contributed by atoms with Crippen LogP contribution in [0, 0.1) is 12.7 Å². The van der Waals surface area contributed by atoms with Gasteiger partial charge in [-0.2, -0.15) is 0 Å². The molecule has 0 bridgehead atoms. The minimum Gasteiger partial charge on any atom is -0.383 e. The summed E-state index contributed by atoms with van der Waals surface area (Å²) in [6, 6.07) is 15.2. The zero-order valence-corrected chi connectivity index (χ0v) is 11.4. The predicted molar refractivity (Wildman–Crippen MR) is 81.6 cm³/mol. The molecule has 1 aromatic heterocycles. The molecular weight excluding hydrogens is 251 g/mol. The van der Waals surface area contributed by atoms with Crippen LogP contribution in [0.15, 0.2) is 54.7 Å². The number of hydrogen-bond donors (Lipinski definition) is 1. The van der Waals surface area contributed by atoms with Crippen LogP contribution in [0.1, 0.15) is 5.56 Å². The van der Waals surface area contributed by atoms with E-state index in [9.17, 15) is 4.39 Å². The largest absolute Gasteiger partial charge is 0.383 e. The number of nitrogens with one attached hydrogen (secondary N) is 1. The van der Waals surface area contributed by atoms with Crippen molar-refractivity contribution in [3.8, 4) is 0 Å². The monoisotopic (exact) mass is 268 g/mol. The Balaban J connectivity index is 1.69. The van der Waals surface area contributed by atoms with E-state index in [4.69, 9.17) is 0 Å². The lowest BCUT2D eigenvalue weighted by Crippen LogP contribution is -2.09. The Morgan fingerprint density at radius 2 is 2.00 bits per heavy atom. The number of nitrogens with zero attached hydrogens (tertiary/aromatic N) is 1. The molecule has 0 aliphatic carbocycles. The molecular formula is C17H17FN2. The SMILES string of the molecule is Cc1cccc(NCCn2ccc3ccc(F)cc32)c1. The smallest absolute Gasteiger partial charge is 0.125 e. The van der Waals surface area contributed by atoms with Crippen molar-refractivity contribution in [2.24, 2.45) is 0 Å². The molecule has 0 amide bonds. The molecule has 3 aromatic rings. The molecule has 1 heterocycles. The number of aromatic nitrogens is 1. The van der Waals surface area contributed by atoms with Crippen LogP contribution >= 0.6 is 0 Å². The molecule has 0 atom stereocenters. The van der Waals surface area contributed by atoms with Crippen molar-refractivity contribution in [1.29, 1.82) is 0 Å². The van der Waals surface area contributed by atoms with Gasteiger partial charge in [-0.1, -0.05) is 12.1 Å². The first-order valence-corrected chi connectivity index (χ1v) is 6.77. The normalized spacial score (nSPS) is 10.9. The molecule has 20 heavy (non-hydrogen) atoms. The van der Waals surface area contributed by atoms with E-state index in [2.05, 4.69) is 35.0 Å². The molecule has 2 aromatic carbocycles. The van der Waals surface area contributed by atoms with Crippen molar-refractivity contribution in [2.75, 3.05) is 11.9 Å². The van der Waals surface area contributed by atoms with Gasteiger partial charge in [0.25, 0.3) is 0 Å². The van der Waals surface area contributed by atoms with Crippen LogP contribution in [0.3, 0.4) is 0 Å². The number of rotatable bonds is 4. The second kappa shape index (κ2) is 5.37. The van der Waals surface area contributed by atoms with Gasteiger partial charge in [0, 0.05) is 25.0 Å². The van der Waals surface area contributed by atoms with Gasteiger partial charge in [-0.15, -0.1) is 0 Å². The van der Waals surface area contributed by atoms with Gasteiger partial charge in [0.1, 0.15) is 5.82 Å². The molecule has 0 aliphatic rings. The minimum atomic E-state index is -0.191. The number of aryl methyl sites for hydroxylation is 1. The molecule has 102 valence electrons. The first-order chi connectivity index (χ1) is 9.72. The van der Waals surface area contributed by atoms with Crippen LogP contribution in [0.4, 0.5) is 10.1 Å². The second-order valence-corrected chi connectivity index (χ2v) is 5.01. The summed E-state index contributed by atoms with van der Waals surface area (Å²) in [4.78, 5) is 0. The Labute approximate surface area is 117 Å². The summed E-state index contributed by atoms with van der Waals surface area (Å²) in [6.07, 6.45) is 2.00. The van der Waals surface area contributed by atoms with E-state index in [0.29, 0.717) is 0 Å². The van der Waals surface area contributed by atoms with E-state index in [1.165, 1.54) is 11.6 Å². The lowest BCUT2D eigenvalue weighted by atomic mass is 10.2. The average molecular weight is 268 g/mol. The van der Waals surface area contributed by atoms with Gasteiger partial charge in [-0.3, -0.25) is 0 Å². The summed E-state index contributed by atoms with van der Waals surface area (Å²) >= 11 is 0. The third-order valence-corrected chi connectivity index (χ3v) is 3.44. The molecule has 0 radical (unpaired) electrons. The van der Waals surface area contributed by atoms with E-state index in [0.717, 1.165) is 29.7 Å². The lowest BCUT2D eigenvalue weighted by molar-refractivity contribution is 0.628. The first-order valence-electron chi connectivity index (χ1n) is 6.77. The summed E-state index contributed by atoms with van der Waals surface area (Å²) in [7, 11) is 0. The van der Waals surface area contributed by atoms with Gasteiger partial charge in [-0.25, -0.2) is 4.39 Å². The van der Waals surface area contributed by atoms with Crippen molar-refractivity contribution < 1.29 is 4.39 Å². The number of benzene rings is 2. The number of hydrogen-bond acceptors (Lipinski definition) is 1. The van der Waals surface area contributed by atoms with Gasteiger partial charge in [-0.05, 0) is 54.3 Å². The quantitative estimate of drug-likeness (QED) is 0.750. The van der Waals surface area contributed by atoms with Gasteiger partial charge >= 0.3 is 0 Å². The maximum absolute atomic E-state index is 13.3. The lowest BCUT2D eigenvalue weighted by Gasteiger charge is -2.09. The molecule has 0 saturated carbocycles. The van der Waals surface area contributed by atoms with Gasteiger partial charge in [0.2, 0.25) is 0 Å². The van der Waals surface area contributed by atoms with Crippen LogP contribution in [0.25, 0.3) is 10.9 Å². The van der Waals surface area contributed by atoms with E-state index >= 15 is 0 Å². The fourth-order valence-corrected chi connectivity index (χ4v) is 2.43. The van der Waals surface area contributed by atoms with Crippen LogP contribution in [-0.2, 0) is 6.54 Å². The van der Waals surface area contributed by atoms with Crippen LogP contribution in [0.2, 0.25) is 0 Å². The molecule has 3 rings (SSSR count). The topological polar surface area (TPSA) is 17.0 Å². The van der Waals surface area contributed by atoms with Crippen molar-refractivity contribution in [3.05, 3.63) is 66.1 Å². The second-order valence-electron chi connectivity index (χ2n) is 5.01. The number of halogens is 1. The molecule has 2 nitrogen and oxygen atoms in total. The highest BCUT2D eigenvalue weighted by atomic mass is 19.1. The summed E-state index contributed by atoms with van der Waals surface area (Å²) < 4.78 is 15.4. The highest BCUT2D eigenvalue weighted by molar-refractivity contribution is 5.80. The van der Waals surface area contributed by atoms with Crippen LogP contribution < -0.4 is 5.32 Å². The maximum atomic E-state index is 13.3. The molecule has 3 heteroatoms. The molecule has 0 saturated heterocycles. The number of anilines is 1. The van der Waals surface area contributed by atoms with Crippen LogP contribution in [0.5, 0.6) is 0 Å². The molecule has 0 fully saturated rings. The van der Waals surface area contributed by atoms with Gasteiger partial charge in [0.15, 0.2) is 0 Å². The Morgan fingerprint density at radius 1 is 1.10 bits per heavy atom. The minimum absolute atomic E-state index is 0.191. The molecule has 1 N–H and O–H groups in total. The highest BCUT2D eigenvalue weighted by Gasteiger charge is 2.02. The summed E-state index contributed by atoms with van der Waals surface area (Å²) in [5.41, 5.74) is 3.30. The van der Waals surface area contributed by atoms with E-state index in [1.807, 2.05) is 24.4 Å². The van der Waals surface area contributed by atoms with Gasteiger partial charge < -0.3 is 9.88 Å². The Hall–Kier alpha value is -2.29. The molecule has 0 spiro atoms. The summed E-state index contributed by atoms with van der Waals surface area (Å²) in [5.74, 6) is -0.191. The van der Waals surface area contributed by atoms with Crippen LogP contribution in [-0.4, -0.2) is 11.1 Å². The fourth-order valence-electron chi connectivity index (χ4n) is 2.43. The van der Waals surface area contributed by atoms with Gasteiger partial charge in [0.05, 0.1) is 5.52 Å². The van der Waals surface area contributed by atoms with E-state index < -0.39 is 0 Å². The third-order valence-electron chi connectivity index (χ3n) is 3.44. The average Bonchev–Trinajstić information content (AvgIpc) is 2.82. The molecule has 0 unspecified atom stereocenters. The summed E-state index contributed by atoms with van der Waals surface area (Å²) in [6.45, 7) is 3.69. The Morgan fingerprint density at radius 3 is 2.85 bits per heavy atom. The van der Waals surface area contributed by atoms with Crippen molar-refractivity contribution in [3.63, 3.8) is 0 Å². The predicted octanol–water partition coefficient (Wildman–Crippen LogP) is 4.20. The van der Waals surface area contributed by atoms with Crippen molar-refractivity contribution >= 4 is 16.6 Å². The maximum Gasteiger partial charge on any atom is 0.125 e. The standard InChI is InChI=1S/C17H17FN2/c1-13-3-2-4-16(11-13)19-8-10-20-9-7-14-5-6-15(18)12-17(14)20/h2-7,9,11-12,19H,8,10H2,1H3. The Bertz CT molecular complexity index is 731. The number of fused-ring (bicyclic) bond motifs is 1. The summed E-state index contributed by atoms with van der Waals surface area (Å²) in [5, 5.41) is 4.46. The zero-order valence-electron chi connectivity index (χ0n) is 11.4. The Kier molecular flexibility index (Phi) is 3.42. The van der Waals surface area contributed by atoms with E-state index in [-0.39, 0.29) is 5.82 Å². The highest BCUT2D eigenvalue weighted by Crippen LogP contribution is 2.17. The van der Waals surface area contributed by atoms with Crippen molar-refractivity contribution in [1.82, 2.24) is 4.57 Å².